The standard InChI is InChI=1S/C12H23NO3/c1-3-6-13(2)10-9-12(5-4-11(10)14)15-7-8-16-12/h10-11,14H,3-9H2,1-2H3. The number of likely N-dealkylation sites (N-methyl/N-ethyl adjacent to an activating group) is 1. The molecule has 1 saturated heterocycles. The van der Waals surface area contributed by atoms with Crippen LogP contribution in [0.25, 0.3) is 0 Å². The zero-order chi connectivity index (χ0) is 11.6. The average molecular weight is 229 g/mol. The van der Waals surface area contributed by atoms with E-state index in [9.17, 15) is 5.11 Å². The summed E-state index contributed by atoms with van der Waals surface area (Å²) >= 11 is 0. The van der Waals surface area contributed by atoms with Crippen LogP contribution in [-0.2, 0) is 9.47 Å². The number of hydrogen-bond donors (Lipinski definition) is 1. The molecule has 2 fully saturated rings. The topological polar surface area (TPSA) is 41.9 Å². The number of ether oxygens (including phenoxy) is 2. The van der Waals surface area contributed by atoms with E-state index in [1.54, 1.807) is 0 Å². The summed E-state index contributed by atoms with van der Waals surface area (Å²) in [6, 6.07) is 0.173. The second-order valence-corrected chi connectivity index (χ2v) is 4.97. The highest BCUT2D eigenvalue weighted by atomic mass is 16.7. The maximum Gasteiger partial charge on any atom is 0.170 e. The van der Waals surface area contributed by atoms with Gasteiger partial charge in [0.15, 0.2) is 5.79 Å². The molecule has 2 rings (SSSR count). The predicted octanol–water partition coefficient (Wildman–Crippen LogP) is 0.985. The van der Waals surface area contributed by atoms with Crippen molar-refractivity contribution in [2.75, 3.05) is 26.8 Å². The van der Waals surface area contributed by atoms with E-state index >= 15 is 0 Å². The van der Waals surface area contributed by atoms with Crippen LogP contribution in [0.15, 0.2) is 0 Å². The number of aliphatic hydroxyl groups is 1. The Balaban J connectivity index is 1.99. The Morgan fingerprint density at radius 2 is 2.06 bits per heavy atom. The highest BCUT2D eigenvalue weighted by Crippen LogP contribution is 2.37. The second kappa shape index (κ2) is 5.00. The van der Waals surface area contributed by atoms with Gasteiger partial charge in [-0.05, 0) is 26.4 Å². The van der Waals surface area contributed by atoms with Crippen LogP contribution in [0.3, 0.4) is 0 Å². The normalized spacial score (nSPS) is 33.8. The summed E-state index contributed by atoms with van der Waals surface area (Å²) in [5, 5.41) is 10.1. The van der Waals surface area contributed by atoms with Crippen molar-refractivity contribution in [1.29, 1.82) is 0 Å². The Bertz CT molecular complexity index is 228. The van der Waals surface area contributed by atoms with Crippen LogP contribution in [0, 0.1) is 0 Å². The zero-order valence-electron chi connectivity index (χ0n) is 10.3. The molecule has 4 nitrogen and oxygen atoms in total. The van der Waals surface area contributed by atoms with Gasteiger partial charge in [-0.15, -0.1) is 0 Å². The van der Waals surface area contributed by atoms with Gasteiger partial charge in [0.1, 0.15) is 0 Å². The number of hydrogen-bond acceptors (Lipinski definition) is 4. The Kier molecular flexibility index (Phi) is 3.85. The highest BCUT2D eigenvalue weighted by molar-refractivity contribution is 4.92. The molecule has 1 N–H and O–H groups in total. The summed E-state index contributed by atoms with van der Waals surface area (Å²) in [5.74, 6) is -0.397. The fourth-order valence-electron chi connectivity index (χ4n) is 2.84. The second-order valence-electron chi connectivity index (χ2n) is 4.97. The molecule has 1 aliphatic heterocycles. The van der Waals surface area contributed by atoms with E-state index in [1.807, 2.05) is 0 Å². The average Bonchev–Trinajstić information content (AvgIpc) is 2.71. The lowest BCUT2D eigenvalue weighted by atomic mass is 9.86. The van der Waals surface area contributed by atoms with E-state index < -0.39 is 5.79 Å². The maximum atomic E-state index is 10.1. The fraction of sp³-hybridized carbons (Fsp3) is 1.00. The minimum atomic E-state index is -0.397. The highest BCUT2D eigenvalue weighted by Gasteiger charge is 2.45. The van der Waals surface area contributed by atoms with Crippen molar-refractivity contribution in [1.82, 2.24) is 4.90 Å². The minimum Gasteiger partial charge on any atom is -0.391 e. The first kappa shape index (κ1) is 12.3. The van der Waals surface area contributed by atoms with Crippen LogP contribution in [-0.4, -0.2) is 54.7 Å². The molecule has 2 atom stereocenters. The van der Waals surface area contributed by atoms with E-state index in [4.69, 9.17) is 9.47 Å². The van der Waals surface area contributed by atoms with Gasteiger partial charge in [-0.3, -0.25) is 0 Å². The van der Waals surface area contributed by atoms with Crippen molar-refractivity contribution in [2.24, 2.45) is 0 Å². The molecule has 1 aliphatic carbocycles. The lowest BCUT2D eigenvalue weighted by molar-refractivity contribution is -0.203. The van der Waals surface area contributed by atoms with Gasteiger partial charge in [-0.25, -0.2) is 0 Å². The van der Waals surface area contributed by atoms with Crippen molar-refractivity contribution in [3.05, 3.63) is 0 Å². The predicted molar refractivity (Wildman–Crippen MR) is 61.2 cm³/mol. The Morgan fingerprint density at radius 3 is 2.69 bits per heavy atom. The first-order chi connectivity index (χ1) is 7.67. The first-order valence-electron chi connectivity index (χ1n) is 6.33. The molecule has 94 valence electrons. The molecule has 1 saturated carbocycles. The SMILES string of the molecule is CCCN(C)C1CC2(CCC1O)OCCO2. The van der Waals surface area contributed by atoms with Crippen molar-refractivity contribution >= 4 is 0 Å². The molecular weight excluding hydrogens is 206 g/mol. The van der Waals surface area contributed by atoms with Gasteiger partial charge in [-0.1, -0.05) is 6.92 Å². The molecule has 1 heterocycles. The smallest absolute Gasteiger partial charge is 0.170 e. The number of rotatable bonds is 3. The van der Waals surface area contributed by atoms with Crippen LogP contribution < -0.4 is 0 Å². The molecule has 2 aliphatic rings. The number of nitrogens with zero attached hydrogens (tertiary/aromatic N) is 1. The van der Waals surface area contributed by atoms with Crippen molar-refractivity contribution in [3.8, 4) is 0 Å². The summed E-state index contributed by atoms with van der Waals surface area (Å²) in [7, 11) is 2.07. The molecule has 4 heteroatoms. The first-order valence-corrected chi connectivity index (χ1v) is 6.33. The van der Waals surface area contributed by atoms with E-state index in [0.717, 1.165) is 32.2 Å². The molecule has 0 radical (unpaired) electrons. The van der Waals surface area contributed by atoms with Crippen molar-refractivity contribution in [2.45, 2.75) is 50.5 Å². The third kappa shape index (κ3) is 2.40. The lowest BCUT2D eigenvalue weighted by Crippen LogP contribution is -2.52. The van der Waals surface area contributed by atoms with Gasteiger partial charge in [-0.2, -0.15) is 0 Å². The summed E-state index contributed by atoms with van der Waals surface area (Å²) < 4.78 is 11.5. The van der Waals surface area contributed by atoms with Crippen LogP contribution in [0.4, 0.5) is 0 Å². The molecular formula is C12H23NO3. The Hall–Kier alpha value is -0.160. The van der Waals surface area contributed by atoms with Gasteiger partial charge in [0, 0.05) is 18.9 Å². The summed E-state index contributed by atoms with van der Waals surface area (Å²) in [4.78, 5) is 2.23. The van der Waals surface area contributed by atoms with Gasteiger partial charge in [0.25, 0.3) is 0 Å². The third-order valence-electron chi connectivity index (χ3n) is 3.74. The lowest BCUT2D eigenvalue weighted by Gasteiger charge is -2.42. The third-order valence-corrected chi connectivity index (χ3v) is 3.74. The Morgan fingerprint density at radius 1 is 1.38 bits per heavy atom. The van der Waals surface area contributed by atoms with E-state index in [2.05, 4.69) is 18.9 Å². The van der Waals surface area contributed by atoms with Gasteiger partial charge >= 0.3 is 0 Å². The quantitative estimate of drug-likeness (QED) is 0.783. The number of aliphatic hydroxyl groups excluding tert-OH is 1. The molecule has 1 spiro atoms. The monoisotopic (exact) mass is 229 g/mol. The fourth-order valence-corrected chi connectivity index (χ4v) is 2.84. The largest absolute Gasteiger partial charge is 0.391 e. The van der Waals surface area contributed by atoms with Gasteiger partial charge in [0.05, 0.1) is 19.3 Å². The molecule has 0 amide bonds. The van der Waals surface area contributed by atoms with Gasteiger partial charge < -0.3 is 19.5 Å². The van der Waals surface area contributed by atoms with Crippen molar-refractivity contribution < 1.29 is 14.6 Å². The molecule has 0 aromatic carbocycles. The van der Waals surface area contributed by atoms with Crippen molar-refractivity contribution in [3.63, 3.8) is 0 Å². The Labute approximate surface area is 97.5 Å². The van der Waals surface area contributed by atoms with E-state index in [1.165, 1.54) is 0 Å². The van der Waals surface area contributed by atoms with Crippen LogP contribution in [0.1, 0.15) is 32.6 Å². The molecule has 16 heavy (non-hydrogen) atoms. The molecule has 0 bridgehead atoms. The molecule has 0 aromatic rings. The zero-order valence-corrected chi connectivity index (χ0v) is 10.3. The van der Waals surface area contributed by atoms with Crippen LogP contribution in [0.5, 0.6) is 0 Å². The van der Waals surface area contributed by atoms with E-state index in [-0.39, 0.29) is 12.1 Å². The summed E-state index contributed by atoms with van der Waals surface area (Å²) in [6.45, 7) is 4.56. The minimum absolute atomic E-state index is 0.173. The molecule has 2 unspecified atom stereocenters. The van der Waals surface area contributed by atoms with Crippen LogP contribution in [0.2, 0.25) is 0 Å². The summed E-state index contributed by atoms with van der Waals surface area (Å²) in [6.07, 6.45) is 3.26. The maximum absolute atomic E-state index is 10.1. The van der Waals surface area contributed by atoms with Crippen LogP contribution >= 0.6 is 0 Å². The van der Waals surface area contributed by atoms with Gasteiger partial charge in [0.2, 0.25) is 0 Å². The summed E-state index contributed by atoms with van der Waals surface area (Å²) in [5.41, 5.74) is 0. The van der Waals surface area contributed by atoms with E-state index in [0.29, 0.717) is 13.2 Å². The molecule has 0 aromatic heterocycles.